The second-order valence-electron chi connectivity index (χ2n) is 4.20. The molecule has 0 saturated carbocycles. The van der Waals surface area contributed by atoms with Crippen LogP contribution < -0.4 is 0 Å². The van der Waals surface area contributed by atoms with E-state index in [9.17, 15) is 4.79 Å². The van der Waals surface area contributed by atoms with Crippen LogP contribution >= 0.6 is 0 Å². The van der Waals surface area contributed by atoms with E-state index in [1.807, 2.05) is 12.1 Å². The van der Waals surface area contributed by atoms with Gasteiger partial charge in [-0.15, -0.1) is 0 Å². The van der Waals surface area contributed by atoms with Crippen LogP contribution in [0.3, 0.4) is 0 Å². The Kier molecular flexibility index (Phi) is 2.96. The molecule has 0 aliphatic carbocycles. The van der Waals surface area contributed by atoms with Gasteiger partial charge in [0.1, 0.15) is 0 Å². The number of carbonyl (C=O) groups is 1. The Balaban J connectivity index is 2.46. The zero-order valence-corrected chi connectivity index (χ0v) is 9.90. The summed E-state index contributed by atoms with van der Waals surface area (Å²) in [5, 5.41) is 8.84. The van der Waals surface area contributed by atoms with E-state index in [4.69, 9.17) is 5.11 Å². The molecule has 2 nitrogen and oxygen atoms in total. The first-order chi connectivity index (χ1) is 8.08. The van der Waals surface area contributed by atoms with Crippen molar-refractivity contribution < 1.29 is 9.90 Å². The highest BCUT2D eigenvalue weighted by molar-refractivity contribution is 5.88. The van der Waals surface area contributed by atoms with Crippen molar-refractivity contribution in [2.45, 2.75) is 13.8 Å². The first-order valence-electron chi connectivity index (χ1n) is 5.49. The normalized spacial score (nSPS) is 10.2. The van der Waals surface area contributed by atoms with Gasteiger partial charge in [-0.05, 0) is 42.7 Å². The quantitative estimate of drug-likeness (QED) is 0.848. The molecule has 2 rings (SSSR count). The Morgan fingerprint density at radius 3 is 2.24 bits per heavy atom. The standard InChI is InChI=1S/C15H14O2/c1-10-3-4-11(2)14(9-10)12-5-7-13(8-6-12)15(16)17/h3-9H,1-2H3,(H,16,17). The van der Waals surface area contributed by atoms with E-state index < -0.39 is 5.97 Å². The third kappa shape index (κ3) is 2.36. The fourth-order valence-corrected chi connectivity index (χ4v) is 1.84. The lowest BCUT2D eigenvalue weighted by atomic mass is 9.98. The summed E-state index contributed by atoms with van der Waals surface area (Å²) in [6.45, 7) is 4.11. The number of carboxylic acids is 1. The Morgan fingerprint density at radius 1 is 1.00 bits per heavy atom. The second-order valence-corrected chi connectivity index (χ2v) is 4.20. The van der Waals surface area contributed by atoms with Crippen LogP contribution in [0.1, 0.15) is 21.5 Å². The van der Waals surface area contributed by atoms with E-state index in [0.717, 1.165) is 11.1 Å². The Hall–Kier alpha value is -2.09. The van der Waals surface area contributed by atoms with Crippen LogP contribution in [0.2, 0.25) is 0 Å². The molecular formula is C15H14O2. The van der Waals surface area contributed by atoms with Gasteiger partial charge in [0.05, 0.1) is 5.56 Å². The third-order valence-corrected chi connectivity index (χ3v) is 2.84. The molecule has 0 spiro atoms. The molecule has 0 heterocycles. The molecule has 0 fully saturated rings. The average Bonchev–Trinajstić information content (AvgIpc) is 2.32. The minimum atomic E-state index is -0.891. The zero-order valence-electron chi connectivity index (χ0n) is 9.90. The van der Waals surface area contributed by atoms with Gasteiger partial charge in [-0.25, -0.2) is 4.79 Å². The highest BCUT2D eigenvalue weighted by Crippen LogP contribution is 2.24. The maximum atomic E-state index is 10.8. The van der Waals surface area contributed by atoms with Crippen LogP contribution in [0.5, 0.6) is 0 Å². The first kappa shape index (κ1) is 11.4. The molecule has 2 aromatic rings. The summed E-state index contributed by atoms with van der Waals surface area (Å²) in [6.07, 6.45) is 0. The molecule has 0 aromatic heterocycles. The van der Waals surface area contributed by atoms with Crippen LogP contribution in [-0.2, 0) is 0 Å². The zero-order chi connectivity index (χ0) is 12.4. The van der Waals surface area contributed by atoms with Gasteiger partial charge in [0.2, 0.25) is 0 Å². The van der Waals surface area contributed by atoms with Crippen molar-refractivity contribution in [1.29, 1.82) is 0 Å². The number of aryl methyl sites for hydroxylation is 2. The van der Waals surface area contributed by atoms with E-state index in [-0.39, 0.29) is 0 Å². The largest absolute Gasteiger partial charge is 0.478 e. The molecule has 0 bridgehead atoms. The predicted molar refractivity (Wildman–Crippen MR) is 68.3 cm³/mol. The van der Waals surface area contributed by atoms with E-state index in [1.165, 1.54) is 11.1 Å². The number of hydrogen-bond acceptors (Lipinski definition) is 1. The number of hydrogen-bond donors (Lipinski definition) is 1. The molecule has 0 aliphatic heterocycles. The summed E-state index contributed by atoms with van der Waals surface area (Å²) in [5.74, 6) is -0.891. The van der Waals surface area contributed by atoms with Crippen LogP contribution in [0.25, 0.3) is 11.1 Å². The maximum absolute atomic E-state index is 10.8. The minimum absolute atomic E-state index is 0.319. The van der Waals surface area contributed by atoms with Gasteiger partial charge >= 0.3 is 5.97 Å². The third-order valence-electron chi connectivity index (χ3n) is 2.84. The number of aromatic carboxylic acids is 1. The molecule has 0 saturated heterocycles. The predicted octanol–water partition coefficient (Wildman–Crippen LogP) is 3.67. The second kappa shape index (κ2) is 4.42. The summed E-state index contributed by atoms with van der Waals surface area (Å²) in [5.41, 5.74) is 4.92. The van der Waals surface area contributed by atoms with Crippen LogP contribution in [0, 0.1) is 13.8 Å². The highest BCUT2D eigenvalue weighted by Gasteiger charge is 2.05. The molecule has 2 heteroatoms. The van der Waals surface area contributed by atoms with Gasteiger partial charge in [0.25, 0.3) is 0 Å². The molecule has 0 aliphatic rings. The molecule has 1 N–H and O–H groups in total. The molecule has 2 aromatic carbocycles. The van der Waals surface area contributed by atoms with Crippen LogP contribution in [0.4, 0.5) is 0 Å². The van der Waals surface area contributed by atoms with Gasteiger partial charge in [-0.2, -0.15) is 0 Å². The van der Waals surface area contributed by atoms with Gasteiger partial charge in [-0.3, -0.25) is 0 Å². The van der Waals surface area contributed by atoms with Gasteiger partial charge < -0.3 is 5.11 Å². The number of benzene rings is 2. The van der Waals surface area contributed by atoms with Crippen LogP contribution in [0.15, 0.2) is 42.5 Å². The van der Waals surface area contributed by atoms with E-state index in [1.54, 1.807) is 12.1 Å². The summed E-state index contributed by atoms with van der Waals surface area (Å²) >= 11 is 0. The van der Waals surface area contributed by atoms with Crippen molar-refractivity contribution in [2.24, 2.45) is 0 Å². The lowest BCUT2D eigenvalue weighted by Gasteiger charge is -2.07. The summed E-state index contributed by atoms with van der Waals surface area (Å²) in [4.78, 5) is 10.8. The summed E-state index contributed by atoms with van der Waals surface area (Å²) in [7, 11) is 0. The van der Waals surface area contributed by atoms with Crippen molar-refractivity contribution in [2.75, 3.05) is 0 Å². The van der Waals surface area contributed by atoms with Crippen molar-refractivity contribution in [1.82, 2.24) is 0 Å². The molecule has 17 heavy (non-hydrogen) atoms. The lowest BCUT2D eigenvalue weighted by molar-refractivity contribution is 0.0697. The molecule has 86 valence electrons. The average molecular weight is 226 g/mol. The molecule has 0 unspecified atom stereocenters. The van der Waals surface area contributed by atoms with E-state index >= 15 is 0 Å². The smallest absolute Gasteiger partial charge is 0.335 e. The van der Waals surface area contributed by atoms with Gasteiger partial charge in [0.15, 0.2) is 0 Å². The Bertz CT molecular complexity index is 554. The van der Waals surface area contributed by atoms with Crippen molar-refractivity contribution in [3.63, 3.8) is 0 Å². The minimum Gasteiger partial charge on any atom is -0.478 e. The molecular weight excluding hydrogens is 212 g/mol. The van der Waals surface area contributed by atoms with Crippen LogP contribution in [-0.4, -0.2) is 11.1 Å². The monoisotopic (exact) mass is 226 g/mol. The summed E-state index contributed by atoms with van der Waals surface area (Å²) in [6, 6.07) is 13.3. The van der Waals surface area contributed by atoms with Crippen molar-refractivity contribution in [3.05, 3.63) is 59.2 Å². The lowest BCUT2D eigenvalue weighted by Crippen LogP contribution is -1.95. The SMILES string of the molecule is Cc1ccc(C)c(-c2ccc(C(=O)O)cc2)c1. The highest BCUT2D eigenvalue weighted by atomic mass is 16.4. The van der Waals surface area contributed by atoms with E-state index in [2.05, 4.69) is 32.0 Å². The van der Waals surface area contributed by atoms with Gasteiger partial charge in [0, 0.05) is 0 Å². The van der Waals surface area contributed by atoms with Crippen molar-refractivity contribution >= 4 is 5.97 Å². The molecule has 0 atom stereocenters. The Morgan fingerprint density at radius 2 is 1.65 bits per heavy atom. The Labute approximate surface area is 101 Å². The fraction of sp³-hybridized carbons (Fsp3) is 0.133. The van der Waals surface area contributed by atoms with Crippen molar-refractivity contribution in [3.8, 4) is 11.1 Å². The molecule has 0 radical (unpaired) electrons. The van der Waals surface area contributed by atoms with Gasteiger partial charge in [-0.1, -0.05) is 35.9 Å². The molecule has 0 amide bonds. The topological polar surface area (TPSA) is 37.3 Å². The summed E-state index contributed by atoms with van der Waals surface area (Å²) < 4.78 is 0. The fourth-order valence-electron chi connectivity index (χ4n) is 1.84. The van der Waals surface area contributed by atoms with E-state index in [0.29, 0.717) is 5.56 Å². The first-order valence-corrected chi connectivity index (χ1v) is 5.49. The number of rotatable bonds is 2. The maximum Gasteiger partial charge on any atom is 0.335 e. The number of carboxylic acid groups (broad SMARTS) is 1.